The third-order valence-electron chi connectivity index (χ3n) is 4.23. The number of rotatable bonds is 18. The van der Waals surface area contributed by atoms with Gasteiger partial charge in [-0.15, -0.1) is 0 Å². The Bertz CT molecular complexity index is 516. The molecule has 0 aliphatic rings. The quantitative estimate of drug-likeness (QED) is 0.134. The fraction of sp³-hybridized carbons (Fsp3) is 1.00. The van der Waals surface area contributed by atoms with Gasteiger partial charge in [-0.2, -0.15) is 8.42 Å². The van der Waals surface area contributed by atoms with Gasteiger partial charge in [0.05, 0.1) is 6.61 Å². The first-order valence-corrected chi connectivity index (χ1v) is 13.1. The fourth-order valence-corrected chi connectivity index (χ4v) is 3.13. The summed E-state index contributed by atoms with van der Waals surface area (Å²) in [5.41, 5.74) is 0. The molecular formula is C18H39NaO8S2. The number of hydrogen-bond acceptors (Lipinski definition) is 6. The molecule has 0 aliphatic carbocycles. The van der Waals surface area contributed by atoms with E-state index in [1.54, 1.807) is 0 Å². The molecule has 2 N–H and O–H groups in total. The van der Waals surface area contributed by atoms with Crippen molar-refractivity contribution >= 4 is 20.8 Å². The van der Waals surface area contributed by atoms with Gasteiger partial charge in [0.15, 0.2) is 0 Å². The van der Waals surface area contributed by atoms with Gasteiger partial charge >= 0.3 is 40.0 Å². The van der Waals surface area contributed by atoms with Crippen molar-refractivity contribution in [3.8, 4) is 0 Å². The van der Waals surface area contributed by atoms with Crippen molar-refractivity contribution in [2.75, 3.05) is 6.61 Å². The standard InChI is InChI=1S/C18H38O4S.Na.H2O4S/c1-2-3-4-5-6-7-8-9-10-11-12-13-14-15-16-17-18-22-23(19,20)21;;1-5(2,3)4/h2-18H2,1H3,(H,19,20,21);;(H2,1,2,3,4)/q;+1;/p-1. The van der Waals surface area contributed by atoms with Crippen LogP contribution < -0.4 is 29.6 Å². The maximum absolute atomic E-state index is 10.2. The van der Waals surface area contributed by atoms with Crippen LogP contribution in [-0.4, -0.2) is 37.1 Å². The molecule has 0 fully saturated rings. The van der Waals surface area contributed by atoms with Crippen LogP contribution in [-0.2, 0) is 25.0 Å². The molecule has 0 heterocycles. The molecule has 172 valence electrons. The molecule has 29 heavy (non-hydrogen) atoms. The molecule has 0 saturated carbocycles. The maximum Gasteiger partial charge on any atom is 1.00 e. The van der Waals surface area contributed by atoms with Gasteiger partial charge in [0.2, 0.25) is 10.4 Å². The molecule has 0 saturated heterocycles. The molecule has 0 aromatic carbocycles. The molecule has 0 spiro atoms. The molecule has 0 rings (SSSR count). The molecule has 8 nitrogen and oxygen atoms in total. The SMILES string of the molecule is CCCCCCCCCCCCCCCCCCOS(=O)(=O)[O-].O=S(=O)(O)O.[Na+]. The van der Waals surface area contributed by atoms with E-state index in [4.69, 9.17) is 17.5 Å². The Hall–Kier alpha value is 0.740. The first kappa shape index (κ1) is 34.4. The Morgan fingerprint density at radius 3 is 1.10 bits per heavy atom. The van der Waals surface area contributed by atoms with E-state index >= 15 is 0 Å². The minimum absolute atomic E-state index is 0. The van der Waals surface area contributed by atoms with Crippen molar-refractivity contribution in [3.05, 3.63) is 0 Å². The summed E-state index contributed by atoms with van der Waals surface area (Å²) >= 11 is 0. The summed E-state index contributed by atoms with van der Waals surface area (Å²) in [6.07, 6.45) is 20.3. The van der Waals surface area contributed by atoms with E-state index in [1.165, 1.54) is 83.5 Å². The predicted octanol–water partition coefficient (Wildman–Crippen LogP) is 2.08. The van der Waals surface area contributed by atoms with Gasteiger partial charge in [0, 0.05) is 0 Å². The first-order valence-electron chi connectivity index (χ1n) is 10.4. The third kappa shape index (κ3) is 47.8. The predicted molar refractivity (Wildman–Crippen MR) is 109 cm³/mol. The van der Waals surface area contributed by atoms with Crippen LogP contribution in [0, 0.1) is 0 Å². The Balaban J connectivity index is -0.000000997. The Morgan fingerprint density at radius 2 is 0.862 bits per heavy atom. The zero-order valence-electron chi connectivity index (χ0n) is 18.2. The summed E-state index contributed by atoms with van der Waals surface area (Å²) in [5.74, 6) is 0. The summed E-state index contributed by atoms with van der Waals surface area (Å²) in [7, 11) is -9.16. The number of hydrogen-bond donors (Lipinski definition) is 2. The first-order chi connectivity index (χ1) is 13.1. The molecule has 0 aromatic rings. The molecular weight excluding hydrogens is 431 g/mol. The van der Waals surface area contributed by atoms with Crippen LogP contribution in [0.3, 0.4) is 0 Å². The minimum Gasteiger partial charge on any atom is -0.726 e. The van der Waals surface area contributed by atoms with Crippen LogP contribution in [0.1, 0.15) is 110 Å². The summed E-state index contributed by atoms with van der Waals surface area (Å²) in [6, 6.07) is 0. The van der Waals surface area contributed by atoms with Gasteiger partial charge in [-0.1, -0.05) is 103 Å². The van der Waals surface area contributed by atoms with Gasteiger partial charge in [-0.25, -0.2) is 8.42 Å². The van der Waals surface area contributed by atoms with Gasteiger partial charge < -0.3 is 4.55 Å². The van der Waals surface area contributed by atoms with E-state index in [2.05, 4.69) is 11.1 Å². The van der Waals surface area contributed by atoms with Crippen LogP contribution in [0.4, 0.5) is 0 Å². The van der Waals surface area contributed by atoms with Crippen molar-refractivity contribution in [2.45, 2.75) is 110 Å². The van der Waals surface area contributed by atoms with E-state index in [9.17, 15) is 13.0 Å². The van der Waals surface area contributed by atoms with Gasteiger partial charge in [-0.3, -0.25) is 13.3 Å². The maximum atomic E-state index is 10.2. The largest absolute Gasteiger partial charge is 1.00 e. The second-order valence-electron chi connectivity index (χ2n) is 6.98. The molecule has 0 unspecified atom stereocenters. The van der Waals surface area contributed by atoms with Crippen LogP contribution >= 0.6 is 0 Å². The smallest absolute Gasteiger partial charge is 0.726 e. The van der Waals surface area contributed by atoms with Crippen molar-refractivity contribution in [1.82, 2.24) is 0 Å². The van der Waals surface area contributed by atoms with Gasteiger partial charge in [0.25, 0.3) is 0 Å². The Kier molecular flexibility index (Phi) is 27.7. The molecule has 11 heteroatoms. The number of unbranched alkanes of at least 4 members (excludes halogenated alkanes) is 15. The molecule has 0 radical (unpaired) electrons. The Labute approximate surface area is 200 Å². The molecule has 0 aliphatic heterocycles. The normalized spacial score (nSPS) is 11.4. The van der Waals surface area contributed by atoms with Crippen LogP contribution in [0.25, 0.3) is 0 Å². The average molecular weight is 471 g/mol. The second-order valence-corrected chi connectivity index (χ2v) is 8.93. The van der Waals surface area contributed by atoms with Crippen molar-refractivity contribution in [2.24, 2.45) is 0 Å². The molecule has 0 atom stereocenters. The van der Waals surface area contributed by atoms with Crippen LogP contribution in [0.5, 0.6) is 0 Å². The summed E-state index contributed by atoms with van der Waals surface area (Å²) < 4.78 is 66.4. The summed E-state index contributed by atoms with van der Waals surface area (Å²) in [4.78, 5) is 0. The van der Waals surface area contributed by atoms with Gasteiger partial charge in [-0.05, 0) is 6.42 Å². The molecule has 0 aromatic heterocycles. The van der Waals surface area contributed by atoms with Crippen molar-refractivity contribution in [1.29, 1.82) is 0 Å². The van der Waals surface area contributed by atoms with Gasteiger partial charge in [0.1, 0.15) is 0 Å². The van der Waals surface area contributed by atoms with Crippen LogP contribution in [0.15, 0.2) is 0 Å². The van der Waals surface area contributed by atoms with E-state index in [0.717, 1.165) is 12.8 Å². The second kappa shape index (κ2) is 23.4. The zero-order valence-corrected chi connectivity index (χ0v) is 21.8. The topological polar surface area (TPSA) is 141 Å². The van der Waals surface area contributed by atoms with Crippen molar-refractivity contribution in [3.63, 3.8) is 0 Å². The van der Waals surface area contributed by atoms with E-state index in [0.29, 0.717) is 6.42 Å². The summed E-state index contributed by atoms with van der Waals surface area (Å²) in [5, 5.41) is 0. The monoisotopic (exact) mass is 470 g/mol. The molecule has 0 bridgehead atoms. The average Bonchev–Trinajstić information content (AvgIpc) is 2.55. The molecule has 0 amide bonds. The van der Waals surface area contributed by atoms with E-state index in [-0.39, 0.29) is 36.2 Å². The minimum atomic E-state index is -4.67. The van der Waals surface area contributed by atoms with E-state index in [1.807, 2.05) is 0 Å². The van der Waals surface area contributed by atoms with E-state index < -0.39 is 20.8 Å². The van der Waals surface area contributed by atoms with Crippen LogP contribution in [0.2, 0.25) is 0 Å². The zero-order chi connectivity index (χ0) is 21.7. The fourth-order valence-electron chi connectivity index (χ4n) is 2.81. The van der Waals surface area contributed by atoms with Crippen molar-refractivity contribution < 1.29 is 64.2 Å². The third-order valence-corrected chi connectivity index (χ3v) is 4.68. The Morgan fingerprint density at radius 1 is 0.621 bits per heavy atom. The summed E-state index contributed by atoms with van der Waals surface area (Å²) in [6.45, 7) is 2.29.